The van der Waals surface area contributed by atoms with E-state index in [-0.39, 0.29) is 16.1 Å². The van der Waals surface area contributed by atoms with Crippen molar-refractivity contribution in [2.24, 2.45) is 0 Å². The third kappa shape index (κ3) is 4.33. The molecular formula is C19H20N2O3S. The van der Waals surface area contributed by atoms with Gasteiger partial charge in [-0.15, -0.1) is 0 Å². The second kappa shape index (κ2) is 7.61. The summed E-state index contributed by atoms with van der Waals surface area (Å²) >= 11 is 0. The maximum atomic E-state index is 12.6. The van der Waals surface area contributed by atoms with Crippen molar-refractivity contribution in [2.45, 2.75) is 35.8 Å². The van der Waals surface area contributed by atoms with Crippen molar-refractivity contribution >= 4 is 27.5 Å². The summed E-state index contributed by atoms with van der Waals surface area (Å²) in [4.78, 5) is 16.3. The van der Waals surface area contributed by atoms with Gasteiger partial charge in [-0.3, -0.25) is 9.78 Å². The number of hydrogen-bond donors (Lipinski definition) is 1. The summed E-state index contributed by atoms with van der Waals surface area (Å²) in [5, 5.41) is 2.40. The van der Waals surface area contributed by atoms with Crippen LogP contribution in [-0.4, -0.2) is 24.6 Å². The minimum Gasteiger partial charge on any atom is -0.322 e. The SMILES string of the molecule is O=C(/C=C/c1cccnc1)Nc1cccc(S(=O)(=O)C2CCCC2)c1. The van der Waals surface area contributed by atoms with Crippen molar-refractivity contribution < 1.29 is 13.2 Å². The molecule has 0 radical (unpaired) electrons. The molecule has 1 aromatic heterocycles. The quantitative estimate of drug-likeness (QED) is 0.833. The molecule has 0 spiro atoms. The molecule has 130 valence electrons. The molecule has 1 saturated carbocycles. The number of rotatable bonds is 5. The zero-order valence-corrected chi connectivity index (χ0v) is 14.6. The molecular weight excluding hydrogens is 336 g/mol. The van der Waals surface area contributed by atoms with Gasteiger partial charge in [0.15, 0.2) is 9.84 Å². The summed E-state index contributed by atoms with van der Waals surface area (Å²) in [5.74, 6) is -0.320. The van der Waals surface area contributed by atoms with Crippen molar-refractivity contribution in [2.75, 3.05) is 5.32 Å². The Bertz CT molecular complexity index is 871. The molecule has 1 fully saturated rings. The van der Waals surface area contributed by atoms with Crippen LogP contribution in [0.1, 0.15) is 31.2 Å². The first-order valence-electron chi connectivity index (χ1n) is 8.29. The largest absolute Gasteiger partial charge is 0.322 e. The van der Waals surface area contributed by atoms with Crippen LogP contribution in [0, 0.1) is 0 Å². The number of aromatic nitrogens is 1. The third-order valence-corrected chi connectivity index (χ3v) is 6.54. The van der Waals surface area contributed by atoms with Crippen LogP contribution in [-0.2, 0) is 14.6 Å². The third-order valence-electron chi connectivity index (χ3n) is 4.28. The van der Waals surface area contributed by atoms with Gasteiger partial charge >= 0.3 is 0 Å². The molecule has 1 N–H and O–H groups in total. The van der Waals surface area contributed by atoms with E-state index >= 15 is 0 Å². The normalized spacial score (nSPS) is 15.5. The highest BCUT2D eigenvalue weighted by atomic mass is 32.2. The summed E-state index contributed by atoms with van der Waals surface area (Å²) in [6.07, 6.45) is 9.71. The number of carbonyl (C=O) groups excluding carboxylic acids is 1. The highest BCUT2D eigenvalue weighted by Gasteiger charge is 2.30. The summed E-state index contributed by atoms with van der Waals surface area (Å²) in [6, 6.07) is 10.1. The van der Waals surface area contributed by atoms with Crippen molar-refractivity contribution in [3.8, 4) is 0 Å². The van der Waals surface area contributed by atoms with Gasteiger partial charge in [0.25, 0.3) is 0 Å². The van der Waals surface area contributed by atoms with Crippen LogP contribution >= 0.6 is 0 Å². The van der Waals surface area contributed by atoms with Crippen molar-refractivity contribution in [3.63, 3.8) is 0 Å². The predicted octanol–water partition coefficient (Wildman–Crippen LogP) is 3.45. The first-order valence-corrected chi connectivity index (χ1v) is 9.83. The molecule has 6 heteroatoms. The fourth-order valence-electron chi connectivity index (χ4n) is 2.97. The van der Waals surface area contributed by atoms with E-state index in [0.29, 0.717) is 18.5 Å². The van der Waals surface area contributed by atoms with Crippen molar-refractivity contribution in [1.82, 2.24) is 4.98 Å². The molecule has 25 heavy (non-hydrogen) atoms. The fraction of sp³-hybridized carbons (Fsp3) is 0.263. The number of hydrogen-bond acceptors (Lipinski definition) is 4. The minimum absolute atomic E-state index is 0.272. The van der Waals surface area contributed by atoms with Gasteiger partial charge in [0.2, 0.25) is 5.91 Å². The maximum absolute atomic E-state index is 12.6. The van der Waals surface area contributed by atoms with E-state index in [4.69, 9.17) is 0 Å². The summed E-state index contributed by atoms with van der Waals surface area (Å²) in [5.41, 5.74) is 1.29. The Kier molecular flexibility index (Phi) is 5.28. The molecule has 1 aliphatic rings. The van der Waals surface area contributed by atoms with Gasteiger partial charge < -0.3 is 5.32 Å². The number of nitrogens with zero attached hydrogens (tertiary/aromatic N) is 1. The second-order valence-corrected chi connectivity index (χ2v) is 8.32. The highest BCUT2D eigenvalue weighted by molar-refractivity contribution is 7.92. The van der Waals surface area contributed by atoms with Gasteiger partial charge in [-0.1, -0.05) is 25.0 Å². The molecule has 0 unspecified atom stereocenters. The lowest BCUT2D eigenvalue weighted by atomic mass is 10.2. The average molecular weight is 356 g/mol. The number of amides is 1. The van der Waals surface area contributed by atoms with E-state index in [0.717, 1.165) is 18.4 Å². The van der Waals surface area contributed by atoms with Gasteiger partial charge in [-0.2, -0.15) is 0 Å². The number of nitrogens with one attached hydrogen (secondary N) is 1. The zero-order chi connectivity index (χ0) is 17.7. The fourth-order valence-corrected chi connectivity index (χ4v) is 4.87. The average Bonchev–Trinajstić information content (AvgIpc) is 3.17. The lowest BCUT2D eigenvalue weighted by molar-refractivity contribution is -0.111. The molecule has 5 nitrogen and oxygen atoms in total. The minimum atomic E-state index is -3.33. The second-order valence-electron chi connectivity index (χ2n) is 6.09. The number of sulfone groups is 1. The van der Waals surface area contributed by atoms with E-state index < -0.39 is 9.84 Å². The van der Waals surface area contributed by atoms with Crippen LogP contribution in [0.2, 0.25) is 0 Å². The molecule has 1 aromatic carbocycles. The van der Waals surface area contributed by atoms with Gasteiger partial charge in [-0.25, -0.2) is 8.42 Å². The van der Waals surface area contributed by atoms with Crippen LogP contribution < -0.4 is 5.32 Å². The molecule has 2 aromatic rings. The van der Waals surface area contributed by atoms with Crippen molar-refractivity contribution in [3.05, 3.63) is 60.4 Å². The van der Waals surface area contributed by atoms with E-state index in [2.05, 4.69) is 10.3 Å². The van der Waals surface area contributed by atoms with Crippen LogP contribution in [0.15, 0.2) is 59.8 Å². The van der Waals surface area contributed by atoms with Crippen molar-refractivity contribution in [1.29, 1.82) is 0 Å². The standard InChI is InChI=1S/C19H20N2O3S/c22-19(11-10-15-5-4-12-20-14-15)21-16-6-3-9-18(13-16)25(23,24)17-7-1-2-8-17/h3-6,9-14,17H,1-2,7-8H2,(H,21,22)/b11-10+. The van der Waals surface area contributed by atoms with Crippen LogP contribution in [0.5, 0.6) is 0 Å². The van der Waals surface area contributed by atoms with Gasteiger partial charge in [-0.05, 0) is 48.7 Å². The predicted molar refractivity (Wildman–Crippen MR) is 97.8 cm³/mol. The van der Waals surface area contributed by atoms with Gasteiger partial charge in [0.05, 0.1) is 10.1 Å². The van der Waals surface area contributed by atoms with E-state index in [9.17, 15) is 13.2 Å². The summed E-state index contributed by atoms with van der Waals surface area (Å²) in [7, 11) is -3.33. The number of pyridine rings is 1. The molecule has 0 aliphatic heterocycles. The van der Waals surface area contributed by atoms with Crippen LogP contribution in [0.3, 0.4) is 0 Å². The van der Waals surface area contributed by atoms with E-state index in [1.165, 1.54) is 12.1 Å². The summed E-state index contributed by atoms with van der Waals surface area (Å²) < 4.78 is 25.3. The van der Waals surface area contributed by atoms with Crippen LogP contribution in [0.25, 0.3) is 6.08 Å². The van der Waals surface area contributed by atoms with Gasteiger partial charge in [0, 0.05) is 24.2 Å². The lowest BCUT2D eigenvalue weighted by Crippen LogP contribution is -2.18. The smallest absolute Gasteiger partial charge is 0.248 e. The monoisotopic (exact) mass is 356 g/mol. The number of benzene rings is 1. The molecule has 1 heterocycles. The maximum Gasteiger partial charge on any atom is 0.248 e. The molecule has 1 amide bonds. The first kappa shape index (κ1) is 17.4. The molecule has 0 bridgehead atoms. The topological polar surface area (TPSA) is 76.1 Å². The Morgan fingerprint density at radius 2 is 1.96 bits per heavy atom. The van der Waals surface area contributed by atoms with E-state index in [1.54, 1.807) is 42.7 Å². The van der Waals surface area contributed by atoms with Gasteiger partial charge in [0.1, 0.15) is 0 Å². The number of anilines is 1. The first-order chi connectivity index (χ1) is 12.1. The summed E-state index contributed by atoms with van der Waals surface area (Å²) in [6.45, 7) is 0. The number of carbonyl (C=O) groups is 1. The van der Waals surface area contributed by atoms with Crippen LogP contribution in [0.4, 0.5) is 5.69 Å². The molecule has 0 saturated heterocycles. The zero-order valence-electron chi connectivity index (χ0n) is 13.8. The van der Waals surface area contributed by atoms with E-state index in [1.807, 2.05) is 6.07 Å². The Balaban J connectivity index is 1.71. The highest BCUT2D eigenvalue weighted by Crippen LogP contribution is 2.30. The molecule has 3 rings (SSSR count). The lowest BCUT2D eigenvalue weighted by Gasteiger charge is -2.12. The Morgan fingerprint density at radius 3 is 2.68 bits per heavy atom. The Hall–Kier alpha value is -2.47. The molecule has 0 atom stereocenters. The Morgan fingerprint density at radius 1 is 1.16 bits per heavy atom. The Labute approximate surface area is 147 Å². The molecule has 1 aliphatic carbocycles.